The molecule has 3 rings (SSSR count). The van der Waals surface area contributed by atoms with Crippen LogP contribution in [-0.2, 0) is 15.8 Å². The molecule has 0 aromatic heterocycles. The Balaban J connectivity index is 1.79. The van der Waals surface area contributed by atoms with Crippen LogP contribution in [0, 0.1) is 0 Å². The largest absolute Gasteiger partial charge is 0.495 e. The lowest BCUT2D eigenvalue weighted by Crippen LogP contribution is -2.36. The fraction of sp³-hybridized carbons (Fsp3) is 0.240. The summed E-state index contributed by atoms with van der Waals surface area (Å²) in [4.78, 5) is 38.7. The number of carbonyl (C=O) groups excluding carboxylic acids is 3. The Bertz CT molecular complexity index is 1300. The number of hydrogen-bond acceptors (Lipinski definition) is 7. The Kier molecular flexibility index (Phi) is 9.50. The van der Waals surface area contributed by atoms with Crippen LogP contribution < -0.4 is 19.5 Å². The molecule has 0 bridgehead atoms. The Morgan fingerprint density at radius 1 is 1.18 bits per heavy atom. The van der Waals surface area contributed by atoms with Gasteiger partial charge in [-0.25, -0.2) is 0 Å². The summed E-state index contributed by atoms with van der Waals surface area (Å²) in [6.45, 7) is 5.29. The van der Waals surface area contributed by atoms with Gasteiger partial charge in [0, 0.05) is 0 Å². The second-order valence-corrected chi connectivity index (χ2v) is 9.44. The topological polar surface area (TPSA) is 94.2 Å². The van der Waals surface area contributed by atoms with Crippen molar-refractivity contribution in [2.24, 2.45) is 0 Å². The molecule has 0 saturated carbocycles. The van der Waals surface area contributed by atoms with E-state index >= 15 is 0 Å². The van der Waals surface area contributed by atoms with Crippen molar-refractivity contribution >= 4 is 56.5 Å². The number of nitrogens with one attached hydrogen (secondary N) is 1. The van der Waals surface area contributed by atoms with Crippen molar-refractivity contribution in [1.82, 2.24) is 4.90 Å². The minimum absolute atomic E-state index is 0.0171. The molecular weight excluding hydrogens is 593 g/mol. The Hall–Kier alpha value is -3.45. The van der Waals surface area contributed by atoms with Gasteiger partial charge in [-0.05, 0) is 76.6 Å². The zero-order chi connectivity index (χ0) is 28.0. The van der Waals surface area contributed by atoms with Gasteiger partial charge in [-0.2, -0.15) is 13.2 Å². The molecule has 0 spiro atoms. The van der Waals surface area contributed by atoms with E-state index in [1.165, 1.54) is 13.2 Å². The number of thioether (sulfide) groups is 1. The molecule has 1 fully saturated rings. The van der Waals surface area contributed by atoms with E-state index in [2.05, 4.69) is 27.8 Å². The van der Waals surface area contributed by atoms with E-state index in [0.717, 1.165) is 12.1 Å². The number of benzene rings is 2. The van der Waals surface area contributed by atoms with Crippen LogP contribution in [0.1, 0.15) is 18.1 Å². The van der Waals surface area contributed by atoms with Crippen molar-refractivity contribution < 1.29 is 41.8 Å². The lowest BCUT2D eigenvalue weighted by atomic mass is 10.1. The van der Waals surface area contributed by atoms with Crippen LogP contribution in [0.25, 0.3) is 6.08 Å². The maximum Gasteiger partial charge on any atom is 0.416 e. The molecule has 1 N–H and O–H groups in total. The molecule has 1 saturated heterocycles. The first-order chi connectivity index (χ1) is 18.0. The van der Waals surface area contributed by atoms with Gasteiger partial charge < -0.3 is 19.5 Å². The van der Waals surface area contributed by atoms with Crippen molar-refractivity contribution in [3.8, 4) is 17.2 Å². The first-order valence-electron chi connectivity index (χ1n) is 11.0. The zero-order valence-electron chi connectivity index (χ0n) is 20.2. The third-order valence-corrected chi connectivity index (χ3v) is 6.45. The van der Waals surface area contributed by atoms with Crippen molar-refractivity contribution in [3.63, 3.8) is 0 Å². The zero-order valence-corrected chi connectivity index (χ0v) is 22.6. The van der Waals surface area contributed by atoms with Crippen LogP contribution in [0.15, 0.2) is 52.4 Å². The number of methoxy groups -OCH3 is 1. The summed E-state index contributed by atoms with van der Waals surface area (Å²) in [5.41, 5.74) is -0.724. The van der Waals surface area contributed by atoms with Gasteiger partial charge in [0.15, 0.2) is 11.5 Å². The van der Waals surface area contributed by atoms with Gasteiger partial charge in [-0.1, -0.05) is 12.7 Å². The Morgan fingerprint density at radius 2 is 1.92 bits per heavy atom. The van der Waals surface area contributed by atoms with Gasteiger partial charge in [0.25, 0.3) is 11.1 Å². The smallest absolute Gasteiger partial charge is 0.416 e. The van der Waals surface area contributed by atoms with Gasteiger partial charge in [-0.15, -0.1) is 0 Å². The summed E-state index contributed by atoms with van der Waals surface area (Å²) in [6, 6.07) is 5.88. The molecule has 3 amide bonds. The number of amides is 3. The van der Waals surface area contributed by atoms with Crippen molar-refractivity contribution in [3.05, 3.63) is 63.5 Å². The third-order valence-electron chi connectivity index (χ3n) is 4.95. The number of rotatable bonds is 10. The van der Waals surface area contributed by atoms with E-state index in [1.54, 1.807) is 25.1 Å². The third kappa shape index (κ3) is 6.90. The summed E-state index contributed by atoms with van der Waals surface area (Å²) >= 11 is 4.03. The predicted molar refractivity (Wildman–Crippen MR) is 140 cm³/mol. The summed E-state index contributed by atoms with van der Waals surface area (Å²) < 4.78 is 56.0. The first kappa shape index (κ1) is 29.1. The standard InChI is InChI=1S/C25H22BrF3N2O6S/c1-4-8-37-22-16(26)9-14(10-19(22)36-5-2)11-20-23(33)31(24(34)38-20)13-21(32)30-17-12-15(25(27,28)29)6-7-18(17)35-3/h4,6-7,9-12H,1,5,8,13H2,2-3H3,(H,30,32)/b20-11-. The molecule has 2 aromatic carbocycles. The molecule has 1 aliphatic heterocycles. The number of hydrogen-bond donors (Lipinski definition) is 1. The number of imide groups is 1. The van der Waals surface area contributed by atoms with Crippen molar-refractivity contribution in [1.29, 1.82) is 0 Å². The highest BCUT2D eigenvalue weighted by molar-refractivity contribution is 9.10. The highest BCUT2D eigenvalue weighted by atomic mass is 79.9. The van der Waals surface area contributed by atoms with E-state index < -0.39 is 35.3 Å². The average Bonchev–Trinajstić information content (AvgIpc) is 3.10. The van der Waals surface area contributed by atoms with Gasteiger partial charge in [0.2, 0.25) is 5.91 Å². The summed E-state index contributed by atoms with van der Waals surface area (Å²) in [5.74, 6) is -0.776. The monoisotopic (exact) mass is 614 g/mol. The van der Waals surface area contributed by atoms with Crippen molar-refractivity contribution in [2.45, 2.75) is 13.1 Å². The minimum atomic E-state index is -4.64. The maximum atomic E-state index is 13.1. The second-order valence-electron chi connectivity index (χ2n) is 7.59. The van der Waals surface area contributed by atoms with E-state index in [0.29, 0.717) is 50.9 Å². The molecule has 0 unspecified atom stereocenters. The average molecular weight is 615 g/mol. The lowest BCUT2D eigenvalue weighted by Gasteiger charge is -2.16. The number of nitrogens with zero attached hydrogens (tertiary/aromatic N) is 1. The van der Waals surface area contributed by atoms with Crippen LogP contribution >= 0.6 is 27.7 Å². The Labute approximate surface area is 228 Å². The lowest BCUT2D eigenvalue weighted by molar-refractivity contribution is -0.137. The van der Waals surface area contributed by atoms with Crippen LogP contribution in [0.5, 0.6) is 17.2 Å². The highest BCUT2D eigenvalue weighted by Gasteiger charge is 2.37. The normalized spacial score (nSPS) is 14.6. The van der Waals surface area contributed by atoms with Crippen molar-refractivity contribution in [2.75, 3.05) is 32.2 Å². The van der Waals surface area contributed by atoms with Gasteiger partial charge >= 0.3 is 6.18 Å². The SMILES string of the molecule is C=CCOc1c(Br)cc(/C=C2\SC(=O)N(CC(=O)Nc3cc(C(F)(F)F)ccc3OC)C2=O)cc1OCC. The molecule has 13 heteroatoms. The predicted octanol–water partition coefficient (Wildman–Crippen LogP) is 6.12. The summed E-state index contributed by atoms with van der Waals surface area (Å²) in [6.07, 6.45) is -1.61. The quantitative estimate of drug-likeness (QED) is 0.255. The van der Waals surface area contributed by atoms with Crippen LogP contribution in [0.3, 0.4) is 0 Å². The summed E-state index contributed by atoms with van der Waals surface area (Å²) in [5, 5.41) is 1.57. The molecule has 8 nitrogen and oxygen atoms in total. The molecule has 0 aliphatic carbocycles. The number of anilines is 1. The Morgan fingerprint density at radius 3 is 2.55 bits per heavy atom. The fourth-order valence-corrected chi connectivity index (χ4v) is 4.73. The maximum absolute atomic E-state index is 13.1. The van der Waals surface area contributed by atoms with Gasteiger partial charge in [0.1, 0.15) is 18.9 Å². The molecule has 1 heterocycles. The van der Waals surface area contributed by atoms with E-state index in [9.17, 15) is 27.6 Å². The fourth-order valence-electron chi connectivity index (χ4n) is 3.32. The first-order valence-corrected chi connectivity index (χ1v) is 12.6. The molecule has 0 radical (unpaired) electrons. The molecular formula is C25H22BrF3N2O6S. The molecule has 38 heavy (non-hydrogen) atoms. The van der Waals surface area contributed by atoms with E-state index in [-0.39, 0.29) is 22.9 Å². The van der Waals surface area contributed by atoms with E-state index in [4.69, 9.17) is 14.2 Å². The number of carbonyl (C=O) groups is 3. The van der Waals surface area contributed by atoms with E-state index in [1.807, 2.05) is 0 Å². The molecule has 0 atom stereocenters. The van der Waals surface area contributed by atoms with Crippen LogP contribution in [0.4, 0.5) is 23.7 Å². The minimum Gasteiger partial charge on any atom is -0.495 e. The van der Waals surface area contributed by atoms with Gasteiger partial charge in [-0.3, -0.25) is 19.3 Å². The molecule has 2 aromatic rings. The number of ether oxygens (including phenoxy) is 3. The highest BCUT2D eigenvalue weighted by Crippen LogP contribution is 2.40. The van der Waals surface area contributed by atoms with Crippen LogP contribution in [0.2, 0.25) is 0 Å². The van der Waals surface area contributed by atoms with Crippen LogP contribution in [-0.4, -0.2) is 48.8 Å². The number of alkyl halides is 3. The second kappa shape index (κ2) is 12.4. The van der Waals surface area contributed by atoms with Gasteiger partial charge in [0.05, 0.1) is 34.3 Å². The number of halogens is 4. The summed E-state index contributed by atoms with van der Waals surface area (Å²) in [7, 11) is 1.23. The molecule has 1 aliphatic rings. The molecule has 202 valence electrons.